The molecule has 0 aliphatic heterocycles. The fraction of sp³-hybridized carbons (Fsp3) is 1.00. The number of rotatable bonds is 5. The van der Waals surface area contributed by atoms with Gasteiger partial charge in [0.25, 0.3) is 0 Å². The maximum atomic E-state index is 10.6. The summed E-state index contributed by atoms with van der Waals surface area (Å²) in [6.45, 7) is 2.20. The standard InChI is InChI=1S/C8H15OP/c1-2-3-4-5-8(10-9)6-7-8/h2-7H2,1H3. The average molecular weight is 158 g/mol. The Bertz CT molecular complexity index is 118. The van der Waals surface area contributed by atoms with Crippen LogP contribution in [0.2, 0.25) is 0 Å². The minimum absolute atomic E-state index is 0.259. The molecule has 1 nitrogen and oxygen atoms in total. The average Bonchev–Trinajstić information content (AvgIpc) is 2.70. The summed E-state index contributed by atoms with van der Waals surface area (Å²) in [6, 6.07) is 0. The third-order valence-electron chi connectivity index (χ3n) is 2.27. The molecule has 0 radical (unpaired) electrons. The van der Waals surface area contributed by atoms with Crippen molar-refractivity contribution in [1.29, 1.82) is 0 Å². The first kappa shape index (κ1) is 8.20. The molecule has 0 aromatic carbocycles. The molecule has 2 heteroatoms. The van der Waals surface area contributed by atoms with Gasteiger partial charge in [0.1, 0.15) is 0 Å². The van der Waals surface area contributed by atoms with Crippen molar-refractivity contribution in [2.45, 2.75) is 50.6 Å². The topological polar surface area (TPSA) is 17.1 Å². The molecule has 1 aliphatic rings. The summed E-state index contributed by atoms with van der Waals surface area (Å²) in [5.41, 5.74) is 0. The van der Waals surface area contributed by atoms with Crippen LogP contribution in [0.1, 0.15) is 45.4 Å². The molecule has 0 aromatic rings. The van der Waals surface area contributed by atoms with Crippen molar-refractivity contribution in [3.05, 3.63) is 0 Å². The van der Waals surface area contributed by atoms with Crippen LogP contribution in [0, 0.1) is 0 Å². The van der Waals surface area contributed by atoms with Crippen molar-refractivity contribution < 1.29 is 4.57 Å². The van der Waals surface area contributed by atoms with Crippen LogP contribution < -0.4 is 0 Å². The number of hydrogen-bond donors (Lipinski definition) is 0. The van der Waals surface area contributed by atoms with Crippen molar-refractivity contribution >= 4 is 8.46 Å². The molecule has 0 aromatic heterocycles. The van der Waals surface area contributed by atoms with E-state index in [0.717, 1.165) is 0 Å². The Morgan fingerprint density at radius 1 is 1.40 bits per heavy atom. The van der Waals surface area contributed by atoms with Gasteiger partial charge in [-0.3, -0.25) is 4.57 Å². The molecule has 0 saturated heterocycles. The maximum absolute atomic E-state index is 10.6. The molecule has 1 rings (SSSR count). The van der Waals surface area contributed by atoms with E-state index in [1.165, 1.54) is 38.5 Å². The molecule has 1 aliphatic carbocycles. The number of unbranched alkanes of at least 4 members (excludes halogenated alkanes) is 2. The summed E-state index contributed by atoms with van der Waals surface area (Å²) in [6.07, 6.45) is 7.42. The maximum Gasteiger partial charge on any atom is 0.162 e. The summed E-state index contributed by atoms with van der Waals surface area (Å²) < 4.78 is 10.6. The first-order valence-electron chi connectivity index (χ1n) is 4.17. The monoisotopic (exact) mass is 158 g/mol. The Hall–Kier alpha value is 0.100. The highest BCUT2D eigenvalue weighted by atomic mass is 31.1. The lowest BCUT2D eigenvalue weighted by atomic mass is 10.1. The summed E-state index contributed by atoms with van der Waals surface area (Å²) in [5, 5.41) is 0.259. The van der Waals surface area contributed by atoms with Crippen LogP contribution in [0.3, 0.4) is 0 Å². The van der Waals surface area contributed by atoms with Crippen LogP contribution >= 0.6 is 8.46 Å². The molecular formula is C8H15OP. The van der Waals surface area contributed by atoms with E-state index in [1.807, 2.05) is 0 Å². The molecule has 0 atom stereocenters. The van der Waals surface area contributed by atoms with Crippen molar-refractivity contribution in [2.24, 2.45) is 0 Å². The van der Waals surface area contributed by atoms with Gasteiger partial charge in [-0.1, -0.05) is 26.2 Å². The minimum atomic E-state index is 0.259. The Balaban J connectivity index is 2.07. The second-order valence-electron chi connectivity index (χ2n) is 3.27. The number of hydrogen-bond acceptors (Lipinski definition) is 1. The minimum Gasteiger partial charge on any atom is -0.274 e. The quantitative estimate of drug-likeness (QED) is 0.442. The van der Waals surface area contributed by atoms with E-state index in [1.54, 1.807) is 0 Å². The van der Waals surface area contributed by atoms with Gasteiger partial charge in [-0.05, 0) is 19.3 Å². The highest BCUT2D eigenvalue weighted by molar-refractivity contribution is 7.26. The Labute approximate surface area is 64.4 Å². The molecule has 0 bridgehead atoms. The lowest BCUT2D eigenvalue weighted by Gasteiger charge is -2.02. The third-order valence-corrected chi connectivity index (χ3v) is 3.32. The van der Waals surface area contributed by atoms with Gasteiger partial charge >= 0.3 is 0 Å². The van der Waals surface area contributed by atoms with Gasteiger partial charge in [0.15, 0.2) is 8.46 Å². The van der Waals surface area contributed by atoms with Gasteiger partial charge in [0, 0.05) is 0 Å². The molecule has 1 fully saturated rings. The Morgan fingerprint density at radius 3 is 2.50 bits per heavy atom. The van der Waals surface area contributed by atoms with Gasteiger partial charge in [-0.2, -0.15) is 0 Å². The smallest absolute Gasteiger partial charge is 0.162 e. The zero-order chi connectivity index (χ0) is 7.45. The summed E-state index contributed by atoms with van der Waals surface area (Å²) in [4.78, 5) is 0. The zero-order valence-corrected chi connectivity index (χ0v) is 7.49. The summed E-state index contributed by atoms with van der Waals surface area (Å²) >= 11 is 0. The van der Waals surface area contributed by atoms with E-state index in [-0.39, 0.29) is 5.16 Å². The Kier molecular flexibility index (Phi) is 2.85. The zero-order valence-electron chi connectivity index (χ0n) is 6.60. The van der Waals surface area contributed by atoms with Gasteiger partial charge in [-0.25, -0.2) is 0 Å². The van der Waals surface area contributed by atoms with Crippen molar-refractivity contribution in [1.82, 2.24) is 0 Å². The van der Waals surface area contributed by atoms with E-state index < -0.39 is 0 Å². The normalized spacial score (nSPS) is 21.3. The molecule has 0 spiro atoms. The van der Waals surface area contributed by atoms with Crippen molar-refractivity contribution in [2.75, 3.05) is 0 Å². The highest BCUT2D eigenvalue weighted by Crippen LogP contribution is 2.51. The largest absolute Gasteiger partial charge is 0.274 e. The predicted molar refractivity (Wildman–Crippen MR) is 43.7 cm³/mol. The van der Waals surface area contributed by atoms with Crippen LogP contribution in [0.5, 0.6) is 0 Å². The van der Waals surface area contributed by atoms with Crippen LogP contribution in [0.4, 0.5) is 0 Å². The molecular weight excluding hydrogens is 143 g/mol. The lowest BCUT2D eigenvalue weighted by molar-refractivity contribution is 0.572. The predicted octanol–water partition coefficient (Wildman–Crippen LogP) is 3.39. The highest BCUT2D eigenvalue weighted by Gasteiger charge is 2.42. The molecule has 58 valence electrons. The van der Waals surface area contributed by atoms with E-state index in [9.17, 15) is 4.57 Å². The molecule has 0 N–H and O–H groups in total. The second kappa shape index (κ2) is 3.48. The lowest BCUT2D eigenvalue weighted by Crippen LogP contribution is -1.96. The summed E-state index contributed by atoms with van der Waals surface area (Å²) in [7, 11) is 0.398. The fourth-order valence-corrected chi connectivity index (χ4v) is 1.78. The van der Waals surface area contributed by atoms with Gasteiger partial charge in [0.05, 0.1) is 5.16 Å². The van der Waals surface area contributed by atoms with Crippen LogP contribution in [0.15, 0.2) is 0 Å². The van der Waals surface area contributed by atoms with E-state index in [4.69, 9.17) is 0 Å². The van der Waals surface area contributed by atoms with Crippen LogP contribution in [-0.2, 0) is 4.57 Å². The molecule has 0 heterocycles. The fourth-order valence-electron chi connectivity index (χ4n) is 1.24. The molecule has 0 unspecified atom stereocenters. The van der Waals surface area contributed by atoms with Crippen molar-refractivity contribution in [3.63, 3.8) is 0 Å². The Morgan fingerprint density at radius 2 is 2.10 bits per heavy atom. The van der Waals surface area contributed by atoms with Gasteiger partial charge < -0.3 is 0 Å². The first-order chi connectivity index (χ1) is 4.83. The third kappa shape index (κ3) is 2.05. The second-order valence-corrected chi connectivity index (χ2v) is 4.40. The SMILES string of the molecule is CCCCCC1(P=O)CC1. The molecule has 10 heavy (non-hydrogen) atoms. The molecule has 0 amide bonds. The van der Waals surface area contributed by atoms with Crippen LogP contribution in [-0.4, -0.2) is 5.16 Å². The van der Waals surface area contributed by atoms with Crippen molar-refractivity contribution in [3.8, 4) is 0 Å². The van der Waals surface area contributed by atoms with Crippen LogP contribution in [0.25, 0.3) is 0 Å². The van der Waals surface area contributed by atoms with Gasteiger partial charge in [0.2, 0.25) is 0 Å². The van der Waals surface area contributed by atoms with E-state index in [2.05, 4.69) is 6.92 Å². The van der Waals surface area contributed by atoms with Gasteiger partial charge in [-0.15, -0.1) is 0 Å². The van der Waals surface area contributed by atoms with E-state index >= 15 is 0 Å². The summed E-state index contributed by atoms with van der Waals surface area (Å²) in [5.74, 6) is 0. The van der Waals surface area contributed by atoms with E-state index in [0.29, 0.717) is 8.46 Å². The molecule has 1 saturated carbocycles. The first-order valence-corrected chi connectivity index (χ1v) is 4.99.